The predicted octanol–water partition coefficient (Wildman–Crippen LogP) is 1.50. The van der Waals surface area contributed by atoms with Crippen LogP contribution < -0.4 is 5.56 Å². The molecule has 7 nitrogen and oxygen atoms in total. The first-order valence-corrected chi connectivity index (χ1v) is 8.37. The summed E-state index contributed by atoms with van der Waals surface area (Å²) in [4.78, 5) is 33.2. The summed E-state index contributed by atoms with van der Waals surface area (Å²) in [6.07, 6.45) is 2.93. The van der Waals surface area contributed by atoms with Crippen molar-refractivity contribution in [3.05, 3.63) is 58.3 Å². The largest absolute Gasteiger partial charge is 0.341 e. The zero-order chi connectivity index (χ0) is 17.4. The van der Waals surface area contributed by atoms with Crippen molar-refractivity contribution < 1.29 is 4.79 Å². The van der Waals surface area contributed by atoms with Gasteiger partial charge in [0.05, 0.1) is 12.2 Å². The molecule has 0 saturated carbocycles. The number of amides is 1. The molecular weight excluding hydrogens is 318 g/mol. The Morgan fingerprint density at radius 2 is 2.12 bits per heavy atom. The van der Waals surface area contributed by atoms with Crippen LogP contribution in [0.4, 0.5) is 0 Å². The highest BCUT2D eigenvalue weighted by atomic mass is 16.2. The normalized spacial score (nSPS) is 17.3. The molecule has 3 aromatic rings. The summed E-state index contributed by atoms with van der Waals surface area (Å²) in [5.74, 6) is 0.682. The van der Waals surface area contributed by atoms with Gasteiger partial charge in [0.15, 0.2) is 5.65 Å². The highest BCUT2D eigenvalue weighted by molar-refractivity contribution is 5.74. The molecule has 7 heteroatoms. The zero-order valence-electron chi connectivity index (χ0n) is 14.0. The van der Waals surface area contributed by atoms with Crippen LogP contribution in [0.5, 0.6) is 0 Å². The third kappa shape index (κ3) is 2.93. The summed E-state index contributed by atoms with van der Waals surface area (Å²) in [5.41, 5.74) is 1.49. The van der Waals surface area contributed by atoms with E-state index in [0.29, 0.717) is 36.4 Å². The van der Waals surface area contributed by atoms with Crippen LogP contribution >= 0.6 is 0 Å². The Labute approximate surface area is 144 Å². The fraction of sp³-hybridized carbons (Fsp3) is 0.333. The van der Waals surface area contributed by atoms with Gasteiger partial charge in [0, 0.05) is 26.4 Å². The van der Waals surface area contributed by atoms with Crippen LogP contribution in [0, 0.1) is 0 Å². The third-order valence-electron chi connectivity index (χ3n) is 4.68. The second kappa shape index (κ2) is 6.16. The maximum atomic E-state index is 12.4. The SMILES string of the molecule is CC(=O)N1CCC(n2ncc3c(=O)[nH]c(Cc4ccccc4)nc32)C1. The maximum Gasteiger partial charge on any atom is 0.262 e. The summed E-state index contributed by atoms with van der Waals surface area (Å²) in [6.45, 7) is 2.89. The number of carbonyl (C=O) groups is 1. The molecule has 0 bridgehead atoms. The van der Waals surface area contributed by atoms with E-state index in [1.165, 1.54) is 0 Å². The fourth-order valence-corrected chi connectivity index (χ4v) is 3.35. The molecule has 1 aromatic carbocycles. The lowest BCUT2D eigenvalue weighted by Gasteiger charge is -2.14. The highest BCUT2D eigenvalue weighted by Crippen LogP contribution is 2.23. The van der Waals surface area contributed by atoms with Crippen LogP contribution in [0.25, 0.3) is 11.0 Å². The van der Waals surface area contributed by atoms with Gasteiger partial charge in [0.25, 0.3) is 5.56 Å². The van der Waals surface area contributed by atoms with Crippen molar-refractivity contribution in [1.82, 2.24) is 24.6 Å². The van der Waals surface area contributed by atoms with Crippen LogP contribution in [0.2, 0.25) is 0 Å². The van der Waals surface area contributed by atoms with Gasteiger partial charge in [-0.05, 0) is 12.0 Å². The molecule has 0 aliphatic carbocycles. The number of hydrogen-bond donors (Lipinski definition) is 1. The summed E-state index contributed by atoms with van der Waals surface area (Å²) in [5, 5.41) is 4.86. The van der Waals surface area contributed by atoms with Crippen LogP contribution in [-0.2, 0) is 11.2 Å². The first-order valence-electron chi connectivity index (χ1n) is 8.37. The van der Waals surface area contributed by atoms with Crippen molar-refractivity contribution in [3.63, 3.8) is 0 Å². The standard InChI is InChI=1S/C18H19N5O2/c1-12(24)22-8-7-14(11-22)23-17-15(10-19-23)18(25)21-16(20-17)9-13-5-3-2-4-6-13/h2-6,10,14H,7-9,11H2,1H3,(H,20,21,25). The van der Waals surface area contributed by atoms with E-state index in [2.05, 4.69) is 15.1 Å². The summed E-state index contributed by atoms with van der Waals surface area (Å²) in [7, 11) is 0. The number of benzene rings is 1. The van der Waals surface area contributed by atoms with Gasteiger partial charge in [-0.25, -0.2) is 9.67 Å². The number of aromatic amines is 1. The topological polar surface area (TPSA) is 83.9 Å². The molecule has 3 heterocycles. The van der Waals surface area contributed by atoms with Crippen molar-refractivity contribution in [3.8, 4) is 0 Å². The van der Waals surface area contributed by atoms with Gasteiger partial charge in [-0.3, -0.25) is 9.59 Å². The maximum absolute atomic E-state index is 12.4. The molecule has 128 valence electrons. The minimum absolute atomic E-state index is 0.0558. The monoisotopic (exact) mass is 337 g/mol. The Morgan fingerprint density at radius 1 is 1.32 bits per heavy atom. The second-order valence-electron chi connectivity index (χ2n) is 6.41. The Balaban J connectivity index is 1.70. The molecule has 1 amide bonds. The first kappa shape index (κ1) is 15.6. The van der Waals surface area contributed by atoms with Crippen molar-refractivity contribution in [2.75, 3.05) is 13.1 Å². The van der Waals surface area contributed by atoms with Crippen molar-refractivity contribution >= 4 is 16.9 Å². The molecule has 0 radical (unpaired) electrons. The van der Waals surface area contributed by atoms with Gasteiger partial charge in [-0.2, -0.15) is 5.10 Å². The molecule has 0 spiro atoms. The molecule has 1 aliphatic heterocycles. The van der Waals surface area contributed by atoms with E-state index >= 15 is 0 Å². The third-order valence-corrected chi connectivity index (χ3v) is 4.68. The van der Waals surface area contributed by atoms with Crippen molar-refractivity contribution in [1.29, 1.82) is 0 Å². The lowest BCUT2D eigenvalue weighted by atomic mass is 10.1. The number of nitrogens with one attached hydrogen (secondary N) is 1. The quantitative estimate of drug-likeness (QED) is 0.785. The number of hydrogen-bond acceptors (Lipinski definition) is 4. The molecule has 1 fully saturated rings. The van der Waals surface area contributed by atoms with E-state index < -0.39 is 0 Å². The molecule has 1 atom stereocenters. The Morgan fingerprint density at radius 3 is 2.84 bits per heavy atom. The van der Waals surface area contributed by atoms with Crippen LogP contribution in [0.3, 0.4) is 0 Å². The Bertz CT molecular complexity index is 976. The van der Waals surface area contributed by atoms with Crippen LogP contribution in [0.1, 0.15) is 30.8 Å². The number of rotatable bonds is 3. The molecular formula is C18H19N5O2. The molecule has 25 heavy (non-hydrogen) atoms. The van der Waals surface area contributed by atoms with Gasteiger partial charge in [0.2, 0.25) is 5.91 Å². The Kier molecular flexibility index (Phi) is 3.83. The zero-order valence-corrected chi connectivity index (χ0v) is 14.0. The minimum Gasteiger partial charge on any atom is -0.341 e. The van der Waals surface area contributed by atoms with Crippen molar-refractivity contribution in [2.45, 2.75) is 25.8 Å². The lowest BCUT2D eigenvalue weighted by Crippen LogP contribution is -2.26. The van der Waals surface area contributed by atoms with Crippen LogP contribution in [-0.4, -0.2) is 43.6 Å². The highest BCUT2D eigenvalue weighted by Gasteiger charge is 2.27. The number of nitrogens with zero attached hydrogens (tertiary/aromatic N) is 4. The summed E-state index contributed by atoms with van der Waals surface area (Å²) < 4.78 is 1.79. The van der Waals surface area contributed by atoms with Gasteiger partial charge < -0.3 is 9.88 Å². The Hall–Kier alpha value is -2.96. The smallest absolute Gasteiger partial charge is 0.262 e. The number of H-pyrrole nitrogens is 1. The average molecular weight is 337 g/mol. The second-order valence-corrected chi connectivity index (χ2v) is 6.41. The van der Waals surface area contributed by atoms with Crippen molar-refractivity contribution in [2.24, 2.45) is 0 Å². The molecule has 1 unspecified atom stereocenters. The molecule has 1 saturated heterocycles. The number of aromatic nitrogens is 4. The van der Waals surface area contributed by atoms with E-state index in [9.17, 15) is 9.59 Å². The molecule has 2 aromatic heterocycles. The minimum atomic E-state index is -0.177. The van der Waals surface area contributed by atoms with E-state index in [1.54, 1.807) is 22.7 Å². The van der Waals surface area contributed by atoms with Gasteiger partial charge in [0.1, 0.15) is 11.2 Å². The van der Waals surface area contributed by atoms with E-state index in [-0.39, 0.29) is 17.5 Å². The van der Waals surface area contributed by atoms with Crippen LogP contribution in [0.15, 0.2) is 41.3 Å². The van der Waals surface area contributed by atoms with Gasteiger partial charge in [-0.1, -0.05) is 30.3 Å². The number of carbonyl (C=O) groups excluding carboxylic acids is 1. The summed E-state index contributed by atoms with van der Waals surface area (Å²) >= 11 is 0. The number of fused-ring (bicyclic) bond motifs is 1. The summed E-state index contributed by atoms with van der Waals surface area (Å²) in [6, 6.07) is 9.95. The molecule has 1 aliphatic rings. The number of likely N-dealkylation sites (tertiary alicyclic amines) is 1. The lowest BCUT2D eigenvalue weighted by molar-refractivity contribution is -0.127. The fourth-order valence-electron chi connectivity index (χ4n) is 3.35. The molecule has 1 N–H and O–H groups in total. The predicted molar refractivity (Wildman–Crippen MR) is 93.3 cm³/mol. The van der Waals surface area contributed by atoms with Gasteiger partial charge >= 0.3 is 0 Å². The first-order chi connectivity index (χ1) is 12.1. The van der Waals surface area contributed by atoms with Gasteiger partial charge in [-0.15, -0.1) is 0 Å². The van der Waals surface area contributed by atoms with E-state index in [4.69, 9.17) is 0 Å². The average Bonchev–Trinajstić information content (AvgIpc) is 3.22. The van der Waals surface area contributed by atoms with E-state index in [1.807, 2.05) is 30.3 Å². The van der Waals surface area contributed by atoms with E-state index in [0.717, 1.165) is 12.0 Å². The molecule has 4 rings (SSSR count).